The Morgan fingerprint density at radius 2 is 2.05 bits per heavy atom. The van der Waals surface area contributed by atoms with Crippen molar-refractivity contribution in [3.05, 3.63) is 51.2 Å². The molecule has 2 amide bonds. The van der Waals surface area contributed by atoms with Gasteiger partial charge in [-0.05, 0) is 29.6 Å². The van der Waals surface area contributed by atoms with Crippen LogP contribution in [0.2, 0.25) is 5.02 Å². The van der Waals surface area contributed by atoms with Gasteiger partial charge in [-0.25, -0.2) is 4.79 Å². The van der Waals surface area contributed by atoms with E-state index in [0.29, 0.717) is 9.90 Å². The standard InChI is InChI=1S/C14H11ClN2O4S/c15-8-3-4-10(16)9(6-8)14(20)21-7-12(18)17-13(19)11-2-1-5-22-11/h1-6H,7,16H2,(H,17,18,19). The van der Waals surface area contributed by atoms with E-state index < -0.39 is 24.4 Å². The van der Waals surface area contributed by atoms with Crippen LogP contribution < -0.4 is 11.1 Å². The summed E-state index contributed by atoms with van der Waals surface area (Å²) >= 11 is 6.96. The lowest BCUT2D eigenvalue weighted by Gasteiger charge is -2.07. The molecule has 8 heteroatoms. The fourth-order valence-electron chi connectivity index (χ4n) is 1.55. The smallest absolute Gasteiger partial charge is 0.340 e. The minimum absolute atomic E-state index is 0.0601. The molecule has 0 aliphatic carbocycles. The Hall–Kier alpha value is -2.38. The molecular weight excluding hydrogens is 328 g/mol. The Bertz CT molecular complexity index is 716. The predicted molar refractivity (Wildman–Crippen MR) is 82.9 cm³/mol. The van der Waals surface area contributed by atoms with E-state index >= 15 is 0 Å². The highest BCUT2D eigenvalue weighted by Crippen LogP contribution is 2.18. The second-order valence-electron chi connectivity index (χ2n) is 4.16. The minimum Gasteiger partial charge on any atom is -0.452 e. The summed E-state index contributed by atoms with van der Waals surface area (Å²) in [7, 11) is 0. The minimum atomic E-state index is -0.793. The van der Waals surface area contributed by atoms with Crippen molar-refractivity contribution in [2.75, 3.05) is 12.3 Å². The second-order valence-corrected chi connectivity index (χ2v) is 5.55. The van der Waals surface area contributed by atoms with Gasteiger partial charge < -0.3 is 10.5 Å². The number of nitrogen functional groups attached to an aromatic ring is 1. The molecule has 22 heavy (non-hydrogen) atoms. The van der Waals surface area contributed by atoms with Gasteiger partial charge in [-0.2, -0.15) is 0 Å². The first kappa shape index (κ1) is 16.0. The molecule has 3 N–H and O–H groups in total. The number of nitrogens with one attached hydrogen (secondary N) is 1. The van der Waals surface area contributed by atoms with Crippen LogP contribution in [0.5, 0.6) is 0 Å². The number of imide groups is 1. The zero-order valence-corrected chi connectivity index (χ0v) is 12.7. The molecule has 0 aliphatic heterocycles. The van der Waals surface area contributed by atoms with Gasteiger partial charge in [-0.3, -0.25) is 14.9 Å². The molecule has 2 aromatic rings. The van der Waals surface area contributed by atoms with Crippen LogP contribution >= 0.6 is 22.9 Å². The molecule has 1 heterocycles. The fourth-order valence-corrected chi connectivity index (χ4v) is 2.34. The van der Waals surface area contributed by atoms with Gasteiger partial charge in [-0.15, -0.1) is 11.3 Å². The SMILES string of the molecule is Nc1ccc(Cl)cc1C(=O)OCC(=O)NC(=O)c1cccs1. The van der Waals surface area contributed by atoms with Gasteiger partial charge >= 0.3 is 5.97 Å². The molecule has 0 saturated carbocycles. The van der Waals surface area contributed by atoms with Gasteiger partial charge in [0.15, 0.2) is 6.61 Å². The van der Waals surface area contributed by atoms with Gasteiger partial charge in [0, 0.05) is 10.7 Å². The van der Waals surface area contributed by atoms with Gasteiger partial charge in [0.2, 0.25) is 0 Å². The molecule has 114 valence electrons. The lowest BCUT2D eigenvalue weighted by atomic mass is 10.2. The number of benzene rings is 1. The number of rotatable bonds is 4. The van der Waals surface area contributed by atoms with E-state index in [2.05, 4.69) is 5.32 Å². The van der Waals surface area contributed by atoms with Crippen LogP contribution in [0, 0.1) is 0 Å². The molecule has 0 radical (unpaired) electrons. The molecule has 0 fully saturated rings. The highest BCUT2D eigenvalue weighted by molar-refractivity contribution is 7.12. The van der Waals surface area contributed by atoms with E-state index in [-0.39, 0.29) is 11.3 Å². The van der Waals surface area contributed by atoms with Gasteiger partial charge in [0.25, 0.3) is 11.8 Å². The van der Waals surface area contributed by atoms with Gasteiger partial charge in [0.1, 0.15) is 0 Å². The number of esters is 1. The summed E-state index contributed by atoms with van der Waals surface area (Å²) in [5.74, 6) is -2.07. The van der Waals surface area contributed by atoms with E-state index in [4.69, 9.17) is 22.1 Å². The summed E-state index contributed by atoms with van der Waals surface area (Å²) in [5, 5.41) is 4.14. The third-order valence-electron chi connectivity index (χ3n) is 2.57. The summed E-state index contributed by atoms with van der Waals surface area (Å²) in [6.45, 7) is -0.595. The number of ether oxygens (including phenoxy) is 1. The van der Waals surface area contributed by atoms with Crippen LogP contribution in [-0.4, -0.2) is 24.4 Å². The zero-order valence-electron chi connectivity index (χ0n) is 11.2. The number of thiophene rings is 1. The van der Waals surface area contributed by atoms with Crippen molar-refractivity contribution in [1.82, 2.24) is 5.32 Å². The zero-order chi connectivity index (χ0) is 16.1. The topological polar surface area (TPSA) is 98.5 Å². The van der Waals surface area contributed by atoms with Crippen molar-refractivity contribution < 1.29 is 19.1 Å². The van der Waals surface area contributed by atoms with E-state index in [0.717, 1.165) is 0 Å². The van der Waals surface area contributed by atoms with E-state index in [1.807, 2.05) is 0 Å². The van der Waals surface area contributed by atoms with E-state index in [9.17, 15) is 14.4 Å². The van der Waals surface area contributed by atoms with Crippen LogP contribution in [0.1, 0.15) is 20.0 Å². The highest BCUT2D eigenvalue weighted by Gasteiger charge is 2.16. The van der Waals surface area contributed by atoms with E-state index in [1.54, 1.807) is 17.5 Å². The Labute approximate surface area is 134 Å². The summed E-state index contributed by atoms with van der Waals surface area (Å²) in [5.41, 5.74) is 5.87. The maximum atomic E-state index is 11.8. The Balaban J connectivity index is 1.89. The Morgan fingerprint density at radius 3 is 2.73 bits per heavy atom. The number of amides is 2. The average molecular weight is 339 g/mol. The van der Waals surface area contributed by atoms with Crippen LogP contribution in [-0.2, 0) is 9.53 Å². The third kappa shape index (κ3) is 4.06. The third-order valence-corrected chi connectivity index (χ3v) is 3.67. The summed E-state index contributed by atoms with van der Waals surface area (Å²) in [6, 6.07) is 7.59. The number of carbonyl (C=O) groups is 3. The molecule has 0 bridgehead atoms. The lowest BCUT2D eigenvalue weighted by molar-refractivity contribution is -0.123. The molecule has 1 aromatic carbocycles. The van der Waals surface area contributed by atoms with Gasteiger partial charge in [-0.1, -0.05) is 17.7 Å². The monoisotopic (exact) mass is 338 g/mol. The number of hydrogen-bond acceptors (Lipinski definition) is 6. The maximum absolute atomic E-state index is 11.8. The van der Waals surface area contributed by atoms with Crippen LogP contribution in [0.15, 0.2) is 35.7 Å². The van der Waals surface area contributed by atoms with Crippen molar-refractivity contribution in [1.29, 1.82) is 0 Å². The van der Waals surface area contributed by atoms with Crippen molar-refractivity contribution in [2.24, 2.45) is 0 Å². The lowest BCUT2D eigenvalue weighted by Crippen LogP contribution is -2.33. The Morgan fingerprint density at radius 1 is 1.27 bits per heavy atom. The molecule has 2 rings (SSSR count). The van der Waals surface area contributed by atoms with Crippen LogP contribution in [0.4, 0.5) is 5.69 Å². The Kier molecular flexibility index (Phi) is 5.13. The largest absolute Gasteiger partial charge is 0.452 e. The summed E-state index contributed by atoms with van der Waals surface area (Å²) in [6.07, 6.45) is 0. The van der Waals surface area contributed by atoms with Crippen molar-refractivity contribution in [3.8, 4) is 0 Å². The summed E-state index contributed by atoms with van der Waals surface area (Å²) < 4.78 is 4.81. The number of hydrogen-bond donors (Lipinski definition) is 2. The average Bonchev–Trinajstić information content (AvgIpc) is 3.01. The molecule has 0 unspecified atom stereocenters. The molecule has 1 aromatic heterocycles. The first-order chi connectivity index (χ1) is 10.5. The fraction of sp³-hybridized carbons (Fsp3) is 0.0714. The first-order valence-electron chi connectivity index (χ1n) is 6.07. The highest BCUT2D eigenvalue weighted by atomic mass is 35.5. The van der Waals surface area contributed by atoms with E-state index in [1.165, 1.54) is 29.5 Å². The second kappa shape index (κ2) is 7.06. The maximum Gasteiger partial charge on any atom is 0.340 e. The molecule has 0 atom stereocenters. The molecule has 0 saturated heterocycles. The van der Waals surface area contributed by atoms with Crippen LogP contribution in [0.25, 0.3) is 0 Å². The van der Waals surface area contributed by atoms with Crippen molar-refractivity contribution in [3.63, 3.8) is 0 Å². The summed E-state index contributed by atoms with van der Waals surface area (Å²) in [4.78, 5) is 35.4. The first-order valence-corrected chi connectivity index (χ1v) is 7.33. The molecular formula is C14H11ClN2O4S. The quantitative estimate of drug-likeness (QED) is 0.657. The molecule has 0 aliphatic rings. The van der Waals surface area contributed by atoms with Gasteiger partial charge in [0.05, 0.1) is 10.4 Å². The number of nitrogens with two attached hydrogens (primary N) is 1. The normalized spacial score (nSPS) is 10.0. The molecule has 6 nitrogen and oxygen atoms in total. The molecule has 0 spiro atoms. The van der Waals surface area contributed by atoms with Crippen LogP contribution in [0.3, 0.4) is 0 Å². The van der Waals surface area contributed by atoms with Crippen molar-refractivity contribution >= 4 is 46.4 Å². The number of anilines is 1. The predicted octanol–water partition coefficient (Wildman–Crippen LogP) is 2.10. The number of carbonyl (C=O) groups excluding carboxylic acids is 3. The number of halogens is 1. The van der Waals surface area contributed by atoms with Crippen molar-refractivity contribution in [2.45, 2.75) is 0 Å².